The third kappa shape index (κ3) is 33.4. The second kappa shape index (κ2) is 25.4. The first-order valence-electron chi connectivity index (χ1n) is 11.7. The second-order valence-electron chi connectivity index (χ2n) is 8.23. The fraction of sp³-hybridized carbons (Fsp3) is 0.957. The number of hydrogen-bond acceptors (Lipinski definition) is 3. The van der Waals surface area contributed by atoms with E-state index >= 15 is 0 Å². The van der Waals surface area contributed by atoms with Crippen molar-refractivity contribution in [2.24, 2.45) is 11.8 Å². The summed E-state index contributed by atoms with van der Waals surface area (Å²) in [6.45, 7) is 7.55. The van der Waals surface area contributed by atoms with E-state index in [0.29, 0.717) is 6.42 Å². The lowest BCUT2D eigenvalue weighted by Gasteiger charge is -2.03. The molecule has 0 saturated carbocycles. The van der Waals surface area contributed by atoms with Gasteiger partial charge in [0.05, 0.1) is 0 Å². The number of unbranched alkanes of at least 4 members (excludes halogenated alkanes) is 14. The molecule has 0 atom stereocenters. The Balaban J connectivity index is 0. The minimum Gasteiger partial charge on any atom is -0.481 e. The highest BCUT2D eigenvalue weighted by molar-refractivity contribution is 5.66. The molecule has 0 heterocycles. The van der Waals surface area contributed by atoms with E-state index in [0.717, 1.165) is 31.7 Å². The van der Waals surface area contributed by atoms with Gasteiger partial charge >= 0.3 is 5.97 Å². The molecule has 0 aromatic rings. The summed E-state index contributed by atoms with van der Waals surface area (Å²) in [7, 11) is 0. The predicted molar refractivity (Wildman–Crippen MR) is 119 cm³/mol. The van der Waals surface area contributed by atoms with Crippen LogP contribution in [-0.2, 0) is 4.79 Å². The Kier molecular flexibility index (Phi) is 26.9. The smallest absolute Gasteiger partial charge is 0.303 e. The van der Waals surface area contributed by atoms with Gasteiger partial charge in [0.2, 0.25) is 0 Å². The zero-order valence-corrected chi connectivity index (χ0v) is 18.7. The van der Waals surface area contributed by atoms with Crippen molar-refractivity contribution in [3.8, 4) is 0 Å². The number of hydrazine groups is 1. The maximum atomic E-state index is 10.3. The average Bonchev–Trinajstić information content (AvgIpc) is 2.63. The van der Waals surface area contributed by atoms with Crippen LogP contribution >= 0.6 is 0 Å². The van der Waals surface area contributed by atoms with Crippen LogP contribution in [0.2, 0.25) is 0 Å². The normalized spacial score (nSPS) is 10.7. The van der Waals surface area contributed by atoms with Gasteiger partial charge in [-0.3, -0.25) is 16.1 Å². The molecule has 0 rings (SSSR count). The Labute approximate surface area is 170 Å². The van der Waals surface area contributed by atoms with E-state index in [1.54, 1.807) is 0 Å². The predicted octanol–water partition coefficient (Wildman–Crippen LogP) is 6.83. The molecule has 0 saturated heterocycles. The van der Waals surface area contributed by atoms with Crippen molar-refractivity contribution < 1.29 is 9.90 Å². The summed E-state index contributed by atoms with van der Waals surface area (Å²) >= 11 is 0. The highest BCUT2D eigenvalue weighted by atomic mass is 16.4. The highest BCUT2D eigenvalue weighted by Crippen LogP contribution is 2.13. The molecule has 0 aliphatic rings. The molecule has 27 heavy (non-hydrogen) atoms. The van der Waals surface area contributed by atoms with Gasteiger partial charge in [0.15, 0.2) is 0 Å². The lowest BCUT2D eigenvalue weighted by atomic mass is 10.0. The van der Waals surface area contributed by atoms with Gasteiger partial charge in [0.1, 0.15) is 0 Å². The Hall–Kier alpha value is -0.610. The number of nitrogens with two attached hydrogens (primary N) is 1. The summed E-state index contributed by atoms with van der Waals surface area (Å²) in [6, 6.07) is 0. The van der Waals surface area contributed by atoms with Crippen molar-refractivity contribution in [1.82, 2.24) is 5.43 Å². The first kappa shape index (κ1) is 28.6. The van der Waals surface area contributed by atoms with Gasteiger partial charge < -0.3 is 5.11 Å². The largest absolute Gasteiger partial charge is 0.481 e. The van der Waals surface area contributed by atoms with Gasteiger partial charge in [-0.05, 0) is 18.8 Å². The van der Waals surface area contributed by atoms with Crippen LogP contribution in [0.25, 0.3) is 0 Å². The SMILES string of the molecule is CC(C)CCNN.CCCCCCCCCCCCCCCCCC(=O)O. The first-order chi connectivity index (χ1) is 13.0. The van der Waals surface area contributed by atoms with Gasteiger partial charge in [-0.25, -0.2) is 0 Å². The van der Waals surface area contributed by atoms with E-state index in [1.165, 1.54) is 83.5 Å². The van der Waals surface area contributed by atoms with Crippen molar-refractivity contribution >= 4 is 5.97 Å². The quantitative estimate of drug-likeness (QED) is 0.129. The van der Waals surface area contributed by atoms with Crippen LogP contribution in [0.3, 0.4) is 0 Å². The first-order valence-corrected chi connectivity index (χ1v) is 11.7. The molecule has 0 bridgehead atoms. The summed E-state index contributed by atoms with van der Waals surface area (Å²) in [5.74, 6) is 5.13. The number of nitrogens with one attached hydrogen (secondary N) is 1. The number of carbonyl (C=O) groups is 1. The minimum atomic E-state index is -0.653. The fourth-order valence-corrected chi connectivity index (χ4v) is 3.02. The Morgan fingerprint density at radius 1 is 0.778 bits per heavy atom. The molecule has 4 N–H and O–H groups in total. The maximum Gasteiger partial charge on any atom is 0.303 e. The van der Waals surface area contributed by atoms with Crippen LogP contribution in [0.15, 0.2) is 0 Å². The highest BCUT2D eigenvalue weighted by Gasteiger charge is 1.97. The van der Waals surface area contributed by atoms with Gasteiger partial charge in [0.25, 0.3) is 0 Å². The van der Waals surface area contributed by atoms with E-state index in [1.807, 2.05) is 0 Å². The number of aliphatic carboxylic acids is 1. The molecule has 0 aliphatic heterocycles. The van der Waals surface area contributed by atoms with E-state index in [2.05, 4.69) is 26.2 Å². The van der Waals surface area contributed by atoms with Gasteiger partial charge in [-0.1, -0.05) is 111 Å². The topological polar surface area (TPSA) is 75.3 Å². The molecular weight excluding hydrogens is 336 g/mol. The standard InChI is InChI=1S/C18H36O2.C5H14N2/c1-2-3-4-5-6-7-8-9-10-11-12-13-14-15-16-17-18(19)20;1-5(2)3-4-7-6/h2-17H2,1H3,(H,19,20);5,7H,3-4,6H2,1-2H3. The third-order valence-electron chi connectivity index (χ3n) is 4.86. The molecule has 0 fully saturated rings. The molecule has 0 aromatic carbocycles. The average molecular weight is 387 g/mol. The van der Waals surface area contributed by atoms with Crippen LogP contribution in [0, 0.1) is 5.92 Å². The molecule has 0 amide bonds. The van der Waals surface area contributed by atoms with Crippen molar-refractivity contribution in [3.05, 3.63) is 0 Å². The monoisotopic (exact) mass is 386 g/mol. The number of carboxylic acid groups (broad SMARTS) is 1. The zero-order chi connectivity index (χ0) is 20.6. The van der Waals surface area contributed by atoms with Gasteiger partial charge in [-0.2, -0.15) is 0 Å². The zero-order valence-electron chi connectivity index (χ0n) is 18.7. The lowest BCUT2D eigenvalue weighted by molar-refractivity contribution is -0.137. The fourth-order valence-electron chi connectivity index (χ4n) is 3.02. The molecule has 0 aliphatic carbocycles. The molecular formula is C23H50N2O2. The van der Waals surface area contributed by atoms with E-state index in [9.17, 15) is 4.79 Å². The molecule has 164 valence electrons. The Bertz CT molecular complexity index is 284. The number of carboxylic acids is 1. The number of rotatable bonds is 19. The number of hydrogen-bond donors (Lipinski definition) is 3. The molecule has 0 radical (unpaired) electrons. The van der Waals surface area contributed by atoms with Gasteiger partial charge in [-0.15, -0.1) is 0 Å². The third-order valence-corrected chi connectivity index (χ3v) is 4.86. The lowest BCUT2D eigenvalue weighted by Crippen LogP contribution is -2.23. The second-order valence-corrected chi connectivity index (χ2v) is 8.23. The Morgan fingerprint density at radius 2 is 1.15 bits per heavy atom. The van der Waals surface area contributed by atoms with Crippen LogP contribution in [0.1, 0.15) is 130 Å². The van der Waals surface area contributed by atoms with Crippen molar-refractivity contribution in [2.75, 3.05) is 6.54 Å². The van der Waals surface area contributed by atoms with Crippen LogP contribution in [0.5, 0.6) is 0 Å². The van der Waals surface area contributed by atoms with E-state index in [-0.39, 0.29) is 0 Å². The summed E-state index contributed by atoms with van der Waals surface area (Å²) in [4.78, 5) is 10.3. The summed E-state index contributed by atoms with van der Waals surface area (Å²) in [6.07, 6.45) is 21.4. The van der Waals surface area contributed by atoms with Gasteiger partial charge in [0, 0.05) is 13.0 Å². The van der Waals surface area contributed by atoms with Crippen LogP contribution < -0.4 is 11.3 Å². The van der Waals surface area contributed by atoms with Crippen LogP contribution in [0.4, 0.5) is 0 Å². The van der Waals surface area contributed by atoms with E-state index in [4.69, 9.17) is 10.9 Å². The maximum absolute atomic E-state index is 10.3. The molecule has 0 aromatic heterocycles. The van der Waals surface area contributed by atoms with E-state index < -0.39 is 5.97 Å². The molecule has 4 heteroatoms. The minimum absolute atomic E-state index is 0.345. The summed E-state index contributed by atoms with van der Waals surface area (Å²) in [5, 5.41) is 8.52. The molecule has 4 nitrogen and oxygen atoms in total. The molecule has 0 unspecified atom stereocenters. The van der Waals surface area contributed by atoms with Crippen molar-refractivity contribution in [1.29, 1.82) is 0 Å². The van der Waals surface area contributed by atoms with Crippen molar-refractivity contribution in [3.63, 3.8) is 0 Å². The van der Waals surface area contributed by atoms with Crippen molar-refractivity contribution in [2.45, 2.75) is 130 Å². The molecule has 0 spiro atoms. The summed E-state index contributed by atoms with van der Waals surface area (Å²) in [5.41, 5.74) is 2.60. The van der Waals surface area contributed by atoms with Crippen LogP contribution in [-0.4, -0.2) is 17.6 Å². The Morgan fingerprint density at radius 3 is 1.41 bits per heavy atom. The summed E-state index contributed by atoms with van der Waals surface area (Å²) < 4.78 is 0.